The van der Waals surface area contributed by atoms with E-state index in [0.717, 1.165) is 31.5 Å². The van der Waals surface area contributed by atoms with Gasteiger partial charge in [0, 0.05) is 6.61 Å². The SMILES string of the molecule is CCO[C@H]1COC[C@@H]1NC(=O)C1(c2ccccc2)CCN(C)CC1. The molecule has 3 rings (SSSR count). The first-order chi connectivity index (χ1) is 11.7. The minimum absolute atomic E-state index is 0.0435. The van der Waals surface area contributed by atoms with Crippen LogP contribution in [0.5, 0.6) is 0 Å². The quantitative estimate of drug-likeness (QED) is 0.889. The summed E-state index contributed by atoms with van der Waals surface area (Å²) < 4.78 is 11.2. The second-order valence-electron chi connectivity index (χ2n) is 6.86. The van der Waals surface area contributed by atoms with E-state index in [1.165, 1.54) is 0 Å². The Kier molecular flexibility index (Phi) is 5.54. The van der Waals surface area contributed by atoms with Gasteiger partial charge in [-0.2, -0.15) is 0 Å². The molecule has 1 aromatic rings. The van der Waals surface area contributed by atoms with Crippen LogP contribution in [0.4, 0.5) is 0 Å². The predicted octanol–water partition coefficient (Wildman–Crippen LogP) is 1.57. The highest BCUT2D eigenvalue weighted by Gasteiger charge is 2.44. The Morgan fingerprint density at radius 3 is 2.67 bits per heavy atom. The van der Waals surface area contributed by atoms with Crippen molar-refractivity contribution in [1.82, 2.24) is 10.2 Å². The average Bonchev–Trinajstić information content (AvgIpc) is 3.04. The van der Waals surface area contributed by atoms with Crippen LogP contribution in [0, 0.1) is 0 Å². The van der Waals surface area contributed by atoms with Crippen LogP contribution in [-0.2, 0) is 19.7 Å². The fourth-order valence-corrected chi connectivity index (χ4v) is 3.76. The molecule has 2 aliphatic rings. The number of hydrogen-bond acceptors (Lipinski definition) is 4. The molecule has 2 fully saturated rings. The van der Waals surface area contributed by atoms with Crippen molar-refractivity contribution in [2.75, 3.05) is 40.0 Å². The second-order valence-corrected chi connectivity index (χ2v) is 6.86. The molecule has 1 N–H and O–H groups in total. The standard InChI is InChI=1S/C19H28N2O3/c1-3-24-17-14-23-13-16(17)20-18(22)19(9-11-21(2)12-10-19)15-7-5-4-6-8-15/h4-8,16-17H,3,9-14H2,1-2H3,(H,20,22)/t16-,17-/m0/s1. The number of likely N-dealkylation sites (tertiary alicyclic amines) is 1. The Labute approximate surface area is 144 Å². The van der Waals surface area contributed by atoms with Gasteiger partial charge in [-0.25, -0.2) is 0 Å². The lowest BCUT2D eigenvalue weighted by Crippen LogP contribution is -2.55. The van der Waals surface area contributed by atoms with E-state index in [4.69, 9.17) is 9.47 Å². The minimum Gasteiger partial charge on any atom is -0.376 e. The normalized spacial score (nSPS) is 27.1. The number of ether oxygens (including phenoxy) is 2. The summed E-state index contributed by atoms with van der Waals surface area (Å²) in [5, 5.41) is 3.23. The molecule has 0 aromatic heterocycles. The number of nitrogens with zero attached hydrogens (tertiary/aromatic N) is 1. The maximum Gasteiger partial charge on any atom is 0.231 e. The molecule has 5 heteroatoms. The Morgan fingerprint density at radius 1 is 1.29 bits per heavy atom. The lowest BCUT2D eigenvalue weighted by atomic mass is 9.72. The molecule has 5 nitrogen and oxygen atoms in total. The van der Waals surface area contributed by atoms with Crippen molar-refractivity contribution in [3.63, 3.8) is 0 Å². The largest absolute Gasteiger partial charge is 0.376 e. The van der Waals surface area contributed by atoms with Crippen LogP contribution in [0.3, 0.4) is 0 Å². The summed E-state index contributed by atoms with van der Waals surface area (Å²) in [6, 6.07) is 10.1. The summed E-state index contributed by atoms with van der Waals surface area (Å²) in [6.07, 6.45) is 1.64. The number of rotatable bonds is 5. The molecule has 2 aliphatic heterocycles. The Morgan fingerprint density at radius 2 is 2.00 bits per heavy atom. The molecular formula is C19H28N2O3. The van der Waals surface area contributed by atoms with E-state index in [-0.39, 0.29) is 18.1 Å². The van der Waals surface area contributed by atoms with Crippen molar-refractivity contribution >= 4 is 5.91 Å². The molecule has 1 amide bonds. The van der Waals surface area contributed by atoms with E-state index >= 15 is 0 Å². The lowest BCUT2D eigenvalue weighted by molar-refractivity contribution is -0.130. The summed E-state index contributed by atoms with van der Waals surface area (Å²) in [6.45, 7) is 5.55. The Hall–Kier alpha value is -1.43. The third-order valence-electron chi connectivity index (χ3n) is 5.33. The number of carbonyl (C=O) groups excluding carboxylic acids is 1. The van der Waals surface area contributed by atoms with Crippen LogP contribution >= 0.6 is 0 Å². The lowest BCUT2D eigenvalue weighted by Gasteiger charge is -2.40. The van der Waals surface area contributed by atoms with Gasteiger partial charge in [0.25, 0.3) is 0 Å². The summed E-state index contributed by atoms with van der Waals surface area (Å²) >= 11 is 0. The van der Waals surface area contributed by atoms with Gasteiger partial charge >= 0.3 is 0 Å². The Balaban J connectivity index is 1.79. The van der Waals surface area contributed by atoms with E-state index in [1.807, 2.05) is 25.1 Å². The minimum atomic E-state index is -0.451. The molecule has 2 saturated heterocycles. The molecule has 24 heavy (non-hydrogen) atoms. The molecule has 2 atom stereocenters. The fourth-order valence-electron chi connectivity index (χ4n) is 3.76. The topological polar surface area (TPSA) is 50.8 Å². The van der Waals surface area contributed by atoms with Gasteiger partial charge in [0.15, 0.2) is 0 Å². The average molecular weight is 332 g/mol. The molecule has 132 valence electrons. The first kappa shape index (κ1) is 17.4. The van der Waals surface area contributed by atoms with Crippen molar-refractivity contribution in [2.24, 2.45) is 0 Å². The molecule has 0 bridgehead atoms. The van der Waals surface area contributed by atoms with Crippen molar-refractivity contribution in [1.29, 1.82) is 0 Å². The third-order valence-corrected chi connectivity index (χ3v) is 5.33. The highest BCUT2D eigenvalue weighted by Crippen LogP contribution is 2.36. The first-order valence-electron chi connectivity index (χ1n) is 8.90. The number of piperidine rings is 1. The molecule has 0 spiro atoms. The summed E-state index contributed by atoms with van der Waals surface area (Å²) in [5.74, 6) is 0.113. The zero-order valence-electron chi connectivity index (χ0n) is 14.7. The van der Waals surface area contributed by atoms with E-state index < -0.39 is 5.41 Å². The van der Waals surface area contributed by atoms with Crippen LogP contribution in [0.2, 0.25) is 0 Å². The van der Waals surface area contributed by atoms with Crippen LogP contribution in [0.1, 0.15) is 25.3 Å². The van der Waals surface area contributed by atoms with Gasteiger partial charge in [0.2, 0.25) is 5.91 Å². The van der Waals surface area contributed by atoms with E-state index in [9.17, 15) is 4.79 Å². The van der Waals surface area contributed by atoms with Gasteiger partial charge in [0.1, 0.15) is 6.10 Å². The van der Waals surface area contributed by atoms with Crippen molar-refractivity contribution in [3.05, 3.63) is 35.9 Å². The summed E-state index contributed by atoms with van der Waals surface area (Å²) in [5.41, 5.74) is 0.662. The Bertz CT molecular complexity index is 541. The van der Waals surface area contributed by atoms with E-state index in [0.29, 0.717) is 19.8 Å². The zero-order chi connectivity index (χ0) is 17.0. The number of benzene rings is 1. The van der Waals surface area contributed by atoms with Crippen LogP contribution in [-0.4, -0.2) is 62.9 Å². The maximum absolute atomic E-state index is 13.3. The number of hydrogen-bond donors (Lipinski definition) is 1. The molecule has 0 aliphatic carbocycles. The van der Waals surface area contributed by atoms with Crippen LogP contribution in [0.25, 0.3) is 0 Å². The zero-order valence-corrected chi connectivity index (χ0v) is 14.7. The van der Waals surface area contributed by atoms with Crippen molar-refractivity contribution in [3.8, 4) is 0 Å². The van der Waals surface area contributed by atoms with Gasteiger partial charge in [-0.3, -0.25) is 4.79 Å². The number of amides is 1. The molecular weight excluding hydrogens is 304 g/mol. The molecule has 2 heterocycles. The number of carbonyl (C=O) groups is 1. The molecule has 1 aromatic carbocycles. The molecule has 0 saturated carbocycles. The van der Waals surface area contributed by atoms with Gasteiger partial charge in [0.05, 0.1) is 24.7 Å². The highest BCUT2D eigenvalue weighted by atomic mass is 16.5. The number of nitrogens with one attached hydrogen (secondary N) is 1. The monoisotopic (exact) mass is 332 g/mol. The third kappa shape index (κ3) is 3.48. The highest BCUT2D eigenvalue weighted by molar-refractivity contribution is 5.88. The van der Waals surface area contributed by atoms with Crippen molar-refractivity contribution < 1.29 is 14.3 Å². The maximum atomic E-state index is 13.3. The van der Waals surface area contributed by atoms with Crippen LogP contribution in [0.15, 0.2) is 30.3 Å². The summed E-state index contributed by atoms with van der Waals surface area (Å²) in [7, 11) is 2.11. The smallest absolute Gasteiger partial charge is 0.231 e. The molecule has 0 radical (unpaired) electrons. The van der Waals surface area contributed by atoms with Gasteiger partial charge < -0.3 is 19.7 Å². The van der Waals surface area contributed by atoms with Crippen molar-refractivity contribution in [2.45, 2.75) is 37.3 Å². The van der Waals surface area contributed by atoms with Crippen LogP contribution < -0.4 is 5.32 Å². The second kappa shape index (κ2) is 7.64. The van der Waals surface area contributed by atoms with E-state index in [1.54, 1.807) is 0 Å². The predicted molar refractivity (Wildman–Crippen MR) is 93.0 cm³/mol. The van der Waals surface area contributed by atoms with Gasteiger partial charge in [-0.1, -0.05) is 30.3 Å². The van der Waals surface area contributed by atoms with Gasteiger partial charge in [-0.05, 0) is 45.5 Å². The summed E-state index contributed by atoms with van der Waals surface area (Å²) in [4.78, 5) is 15.6. The van der Waals surface area contributed by atoms with Gasteiger partial charge in [-0.15, -0.1) is 0 Å². The fraction of sp³-hybridized carbons (Fsp3) is 0.632. The first-order valence-corrected chi connectivity index (χ1v) is 8.90. The molecule has 0 unspecified atom stereocenters. The van der Waals surface area contributed by atoms with E-state index in [2.05, 4.69) is 29.4 Å².